The number of nitrogens with one attached hydrogen (secondary N) is 1. The molecule has 6 heteroatoms. The second-order valence-electron chi connectivity index (χ2n) is 4.12. The number of rotatable bonds is 4. The molecule has 0 bridgehead atoms. The van der Waals surface area contributed by atoms with Gasteiger partial charge < -0.3 is 11.1 Å². The standard InChI is InChI=1S/C11H17ClN4S/c1-2-17-9-5-3-4-8(9)15-10-7(13)6-14-11(12)16-10/h6,8-9H,2-5,13H2,1H3,(H,14,15,16). The van der Waals surface area contributed by atoms with Gasteiger partial charge in [-0.15, -0.1) is 0 Å². The van der Waals surface area contributed by atoms with Crippen molar-refractivity contribution in [2.24, 2.45) is 0 Å². The van der Waals surface area contributed by atoms with Crippen molar-refractivity contribution in [3.05, 3.63) is 11.5 Å². The van der Waals surface area contributed by atoms with Crippen molar-refractivity contribution in [3.8, 4) is 0 Å². The van der Waals surface area contributed by atoms with Crippen molar-refractivity contribution in [1.29, 1.82) is 0 Å². The van der Waals surface area contributed by atoms with Crippen molar-refractivity contribution in [1.82, 2.24) is 9.97 Å². The van der Waals surface area contributed by atoms with E-state index in [1.54, 1.807) is 6.20 Å². The molecule has 4 nitrogen and oxygen atoms in total. The van der Waals surface area contributed by atoms with Crippen molar-refractivity contribution in [3.63, 3.8) is 0 Å². The highest BCUT2D eigenvalue weighted by molar-refractivity contribution is 7.99. The van der Waals surface area contributed by atoms with Gasteiger partial charge in [-0.05, 0) is 30.2 Å². The minimum absolute atomic E-state index is 0.236. The average Bonchev–Trinajstić information content (AvgIpc) is 2.72. The summed E-state index contributed by atoms with van der Waals surface area (Å²) in [6.07, 6.45) is 5.23. The van der Waals surface area contributed by atoms with Crippen molar-refractivity contribution < 1.29 is 0 Å². The van der Waals surface area contributed by atoms with Crippen molar-refractivity contribution in [2.75, 3.05) is 16.8 Å². The van der Waals surface area contributed by atoms with Crippen LogP contribution in [0.3, 0.4) is 0 Å². The molecule has 94 valence electrons. The summed E-state index contributed by atoms with van der Waals surface area (Å²) in [7, 11) is 0. The highest BCUT2D eigenvalue weighted by Crippen LogP contribution is 2.32. The SMILES string of the molecule is CCSC1CCCC1Nc1nc(Cl)ncc1N. The van der Waals surface area contributed by atoms with E-state index in [2.05, 4.69) is 22.2 Å². The minimum Gasteiger partial charge on any atom is -0.394 e. The molecule has 0 amide bonds. The number of hydrogen-bond donors (Lipinski definition) is 2. The van der Waals surface area contributed by atoms with Gasteiger partial charge >= 0.3 is 0 Å². The van der Waals surface area contributed by atoms with E-state index in [4.69, 9.17) is 17.3 Å². The summed E-state index contributed by atoms with van der Waals surface area (Å²) in [5.41, 5.74) is 6.39. The van der Waals surface area contributed by atoms with Gasteiger partial charge in [0.2, 0.25) is 5.28 Å². The zero-order chi connectivity index (χ0) is 12.3. The maximum atomic E-state index is 5.83. The van der Waals surface area contributed by atoms with E-state index in [-0.39, 0.29) is 5.28 Å². The molecule has 2 rings (SSSR count). The molecule has 1 fully saturated rings. The Morgan fingerprint density at radius 2 is 2.41 bits per heavy atom. The Labute approximate surface area is 111 Å². The van der Waals surface area contributed by atoms with Crippen LogP contribution >= 0.6 is 23.4 Å². The molecule has 3 N–H and O–H groups in total. The third-order valence-corrected chi connectivity index (χ3v) is 4.45. The summed E-state index contributed by atoms with van der Waals surface area (Å²) in [5, 5.41) is 4.29. The van der Waals surface area contributed by atoms with Crippen LogP contribution in [0, 0.1) is 0 Å². The van der Waals surface area contributed by atoms with Gasteiger partial charge in [0.25, 0.3) is 0 Å². The smallest absolute Gasteiger partial charge is 0.224 e. The fourth-order valence-corrected chi connectivity index (χ4v) is 3.50. The molecule has 1 aliphatic rings. The largest absolute Gasteiger partial charge is 0.394 e. The third-order valence-electron chi connectivity index (χ3n) is 2.94. The molecule has 17 heavy (non-hydrogen) atoms. The van der Waals surface area contributed by atoms with Gasteiger partial charge in [-0.2, -0.15) is 16.7 Å². The third kappa shape index (κ3) is 3.16. The fraction of sp³-hybridized carbons (Fsp3) is 0.636. The summed E-state index contributed by atoms with van der Waals surface area (Å²) in [5.74, 6) is 1.81. The molecular weight excluding hydrogens is 256 g/mol. The Morgan fingerprint density at radius 3 is 3.18 bits per heavy atom. The number of halogens is 1. The number of nitrogens with two attached hydrogens (primary N) is 1. The van der Waals surface area contributed by atoms with Gasteiger partial charge in [-0.3, -0.25) is 0 Å². The lowest BCUT2D eigenvalue weighted by molar-refractivity contribution is 0.762. The molecule has 1 heterocycles. The predicted octanol–water partition coefficient (Wildman–Crippen LogP) is 2.80. The van der Waals surface area contributed by atoms with Crippen LogP contribution in [0.5, 0.6) is 0 Å². The van der Waals surface area contributed by atoms with Crippen LogP contribution in [0.15, 0.2) is 6.20 Å². The van der Waals surface area contributed by atoms with Gasteiger partial charge in [0.05, 0.1) is 11.9 Å². The molecule has 0 aromatic carbocycles. The van der Waals surface area contributed by atoms with E-state index < -0.39 is 0 Å². The van der Waals surface area contributed by atoms with Gasteiger partial charge in [0.15, 0.2) is 5.82 Å². The van der Waals surface area contributed by atoms with E-state index in [0.29, 0.717) is 22.8 Å². The number of anilines is 2. The topological polar surface area (TPSA) is 63.8 Å². The Hall–Kier alpha value is -0.680. The number of nitrogen functional groups attached to an aromatic ring is 1. The quantitative estimate of drug-likeness (QED) is 0.825. The molecular formula is C11H17ClN4S. The van der Waals surface area contributed by atoms with Crippen LogP contribution in [0.1, 0.15) is 26.2 Å². The lowest BCUT2D eigenvalue weighted by atomic mass is 10.2. The van der Waals surface area contributed by atoms with Crippen molar-refractivity contribution >= 4 is 34.9 Å². The van der Waals surface area contributed by atoms with E-state index in [1.807, 2.05) is 11.8 Å². The summed E-state index contributed by atoms with van der Waals surface area (Å²) in [6.45, 7) is 2.19. The van der Waals surface area contributed by atoms with Crippen LogP contribution in [0.4, 0.5) is 11.5 Å². The van der Waals surface area contributed by atoms with Crippen LogP contribution < -0.4 is 11.1 Å². The van der Waals surface area contributed by atoms with Gasteiger partial charge in [-0.1, -0.05) is 13.3 Å². The molecule has 1 aromatic heterocycles. The second-order valence-corrected chi connectivity index (χ2v) is 5.97. The zero-order valence-corrected chi connectivity index (χ0v) is 11.4. The van der Waals surface area contributed by atoms with E-state index >= 15 is 0 Å². The zero-order valence-electron chi connectivity index (χ0n) is 9.82. The summed E-state index contributed by atoms with van der Waals surface area (Å²) < 4.78 is 0. The maximum Gasteiger partial charge on any atom is 0.224 e. The molecule has 0 aliphatic heterocycles. The average molecular weight is 273 g/mol. The molecule has 0 radical (unpaired) electrons. The van der Waals surface area contributed by atoms with Crippen LogP contribution in [-0.4, -0.2) is 27.0 Å². The first-order chi connectivity index (χ1) is 8.20. The summed E-state index contributed by atoms with van der Waals surface area (Å²) in [6, 6.07) is 0.438. The van der Waals surface area contributed by atoms with Gasteiger partial charge in [-0.25, -0.2) is 4.98 Å². The van der Waals surface area contributed by atoms with Crippen LogP contribution in [0.25, 0.3) is 0 Å². The highest BCUT2D eigenvalue weighted by atomic mass is 35.5. The first-order valence-corrected chi connectivity index (χ1v) is 7.29. The molecule has 2 atom stereocenters. The number of aromatic nitrogens is 2. The first-order valence-electron chi connectivity index (χ1n) is 5.87. The predicted molar refractivity (Wildman–Crippen MR) is 74.6 cm³/mol. The molecule has 1 aromatic rings. The lowest BCUT2D eigenvalue weighted by Gasteiger charge is -2.21. The highest BCUT2D eigenvalue weighted by Gasteiger charge is 2.27. The number of hydrogen-bond acceptors (Lipinski definition) is 5. The van der Waals surface area contributed by atoms with E-state index in [9.17, 15) is 0 Å². The summed E-state index contributed by atoms with van der Waals surface area (Å²) >= 11 is 7.77. The number of thioether (sulfide) groups is 1. The van der Waals surface area contributed by atoms with Gasteiger partial charge in [0.1, 0.15) is 0 Å². The van der Waals surface area contributed by atoms with E-state index in [0.717, 1.165) is 5.75 Å². The Morgan fingerprint density at radius 1 is 1.59 bits per heavy atom. The lowest BCUT2D eigenvalue weighted by Crippen LogP contribution is -2.27. The van der Waals surface area contributed by atoms with Crippen LogP contribution in [-0.2, 0) is 0 Å². The summed E-state index contributed by atoms with van der Waals surface area (Å²) in [4.78, 5) is 7.99. The Kier molecular flexibility index (Phi) is 4.34. The second kappa shape index (κ2) is 5.78. The fourth-order valence-electron chi connectivity index (χ4n) is 2.17. The minimum atomic E-state index is 0.236. The van der Waals surface area contributed by atoms with E-state index in [1.165, 1.54) is 19.3 Å². The normalized spacial score (nSPS) is 23.9. The van der Waals surface area contributed by atoms with Gasteiger partial charge in [0, 0.05) is 11.3 Å². The Bertz CT molecular complexity index is 388. The molecule has 0 saturated heterocycles. The first kappa shape index (κ1) is 12.8. The maximum absolute atomic E-state index is 5.83. The molecule has 1 aliphatic carbocycles. The molecule has 2 unspecified atom stereocenters. The molecule has 1 saturated carbocycles. The number of nitrogens with zero attached hydrogens (tertiary/aromatic N) is 2. The van der Waals surface area contributed by atoms with Crippen molar-refractivity contribution in [2.45, 2.75) is 37.5 Å². The molecule has 0 spiro atoms. The van der Waals surface area contributed by atoms with Crippen LogP contribution in [0.2, 0.25) is 5.28 Å². The Balaban J connectivity index is 2.06. The monoisotopic (exact) mass is 272 g/mol.